The van der Waals surface area contributed by atoms with Gasteiger partial charge in [-0.25, -0.2) is 0 Å². The Kier molecular flexibility index (Phi) is 7.26. The molecule has 1 aliphatic rings. The van der Waals surface area contributed by atoms with Crippen LogP contribution in [0.15, 0.2) is 47.0 Å². The molecule has 0 atom stereocenters. The Hall–Kier alpha value is -2.25. The van der Waals surface area contributed by atoms with E-state index in [0.717, 1.165) is 5.56 Å². The molecule has 1 aliphatic heterocycles. The zero-order valence-electron chi connectivity index (χ0n) is 17.5. The van der Waals surface area contributed by atoms with Crippen LogP contribution >= 0.6 is 34.8 Å². The Morgan fingerprint density at radius 3 is 2.31 bits per heavy atom. The Morgan fingerprint density at radius 1 is 0.969 bits per heavy atom. The number of amides is 1. The van der Waals surface area contributed by atoms with E-state index in [4.69, 9.17) is 44.1 Å². The van der Waals surface area contributed by atoms with Crippen LogP contribution in [-0.2, 0) is 13.2 Å². The number of benzene rings is 2. The van der Waals surface area contributed by atoms with Gasteiger partial charge in [0.25, 0.3) is 5.91 Å². The average Bonchev–Trinajstić information content (AvgIpc) is 3.16. The molecule has 0 N–H and O–H groups in total. The Bertz CT molecular complexity index is 1090. The van der Waals surface area contributed by atoms with Crippen molar-refractivity contribution in [3.05, 3.63) is 80.1 Å². The number of hydrogen-bond donors (Lipinski definition) is 0. The lowest BCUT2D eigenvalue weighted by molar-refractivity contribution is 0.0616. The van der Waals surface area contributed by atoms with E-state index in [-0.39, 0.29) is 18.2 Å². The van der Waals surface area contributed by atoms with Crippen molar-refractivity contribution in [2.45, 2.75) is 20.1 Å². The molecule has 2 aromatic carbocycles. The molecular formula is C23H22Cl3N3O3. The monoisotopic (exact) mass is 493 g/mol. The van der Waals surface area contributed by atoms with Crippen LogP contribution in [0.3, 0.4) is 0 Å². The first-order chi connectivity index (χ1) is 15.4. The lowest BCUT2D eigenvalue weighted by Gasteiger charge is -2.34. The van der Waals surface area contributed by atoms with Gasteiger partial charge < -0.3 is 14.2 Å². The van der Waals surface area contributed by atoms with Crippen molar-refractivity contribution in [1.82, 2.24) is 15.0 Å². The standard InChI is InChI=1S/C23H22Cl3N3O3/c1-15-17(14-31-21-8-3-2-5-20(21)26)22(27-32-15)23(30)29-11-9-28(10-12-29)13-16-18(24)6-4-7-19(16)25/h2-8H,9-14H2,1H3. The second kappa shape index (κ2) is 10.1. The lowest BCUT2D eigenvalue weighted by atomic mass is 10.1. The molecule has 1 aromatic heterocycles. The SMILES string of the molecule is Cc1onc(C(=O)N2CCN(Cc3c(Cl)cccc3Cl)CC2)c1COc1ccccc1Cl. The normalized spacial score (nSPS) is 14.6. The number of hydrogen-bond acceptors (Lipinski definition) is 5. The molecule has 3 aromatic rings. The van der Waals surface area contributed by atoms with Gasteiger partial charge in [0.1, 0.15) is 18.1 Å². The number of aryl methyl sites for hydroxylation is 1. The number of nitrogens with zero attached hydrogens (tertiary/aromatic N) is 3. The molecule has 0 unspecified atom stereocenters. The van der Waals surface area contributed by atoms with Gasteiger partial charge in [0, 0.05) is 48.3 Å². The topological polar surface area (TPSA) is 58.8 Å². The average molecular weight is 495 g/mol. The summed E-state index contributed by atoms with van der Waals surface area (Å²) in [6, 6.07) is 12.7. The number of rotatable bonds is 6. The molecule has 0 radical (unpaired) electrons. The number of carbonyl (C=O) groups excluding carboxylic acids is 1. The molecule has 0 aliphatic carbocycles. The summed E-state index contributed by atoms with van der Waals surface area (Å²) in [5, 5.41) is 5.81. The van der Waals surface area contributed by atoms with Crippen LogP contribution in [0.4, 0.5) is 0 Å². The van der Waals surface area contributed by atoms with E-state index in [0.29, 0.717) is 64.9 Å². The molecule has 0 bridgehead atoms. The molecule has 4 rings (SSSR count). The highest BCUT2D eigenvalue weighted by Gasteiger charge is 2.28. The fourth-order valence-corrected chi connectivity index (χ4v) is 4.31. The van der Waals surface area contributed by atoms with Gasteiger partial charge in [0.2, 0.25) is 0 Å². The van der Waals surface area contributed by atoms with E-state index in [1.54, 1.807) is 24.0 Å². The van der Waals surface area contributed by atoms with Gasteiger partial charge in [-0.1, -0.05) is 58.2 Å². The van der Waals surface area contributed by atoms with Crippen LogP contribution in [0.1, 0.15) is 27.4 Å². The summed E-state index contributed by atoms with van der Waals surface area (Å²) in [5.74, 6) is 0.919. The number of aromatic nitrogens is 1. The lowest BCUT2D eigenvalue weighted by Crippen LogP contribution is -2.48. The minimum Gasteiger partial charge on any atom is -0.487 e. The summed E-state index contributed by atoms with van der Waals surface area (Å²) in [4.78, 5) is 17.2. The minimum absolute atomic E-state index is 0.144. The van der Waals surface area contributed by atoms with E-state index >= 15 is 0 Å². The third-order valence-electron chi connectivity index (χ3n) is 5.50. The largest absolute Gasteiger partial charge is 0.487 e. The number of carbonyl (C=O) groups is 1. The zero-order valence-corrected chi connectivity index (χ0v) is 19.8. The van der Waals surface area contributed by atoms with Crippen molar-refractivity contribution >= 4 is 40.7 Å². The fraction of sp³-hybridized carbons (Fsp3) is 0.304. The van der Waals surface area contributed by atoms with Gasteiger partial charge in [-0.15, -0.1) is 0 Å². The summed E-state index contributed by atoms with van der Waals surface area (Å²) in [7, 11) is 0. The first-order valence-electron chi connectivity index (χ1n) is 10.2. The second-order valence-corrected chi connectivity index (χ2v) is 8.78. The molecule has 32 heavy (non-hydrogen) atoms. The van der Waals surface area contributed by atoms with Gasteiger partial charge >= 0.3 is 0 Å². The van der Waals surface area contributed by atoms with Crippen molar-refractivity contribution in [2.24, 2.45) is 0 Å². The number of ether oxygens (including phenoxy) is 1. The van der Waals surface area contributed by atoms with E-state index in [2.05, 4.69) is 10.1 Å². The van der Waals surface area contributed by atoms with Gasteiger partial charge in [0.15, 0.2) is 5.69 Å². The molecular weight excluding hydrogens is 473 g/mol. The van der Waals surface area contributed by atoms with Crippen LogP contribution in [0.2, 0.25) is 15.1 Å². The summed E-state index contributed by atoms with van der Waals surface area (Å²) in [6.45, 7) is 5.09. The minimum atomic E-state index is -0.171. The van der Waals surface area contributed by atoms with Gasteiger partial charge in [0.05, 0.1) is 10.6 Å². The van der Waals surface area contributed by atoms with Crippen LogP contribution in [-0.4, -0.2) is 47.0 Å². The molecule has 0 spiro atoms. The summed E-state index contributed by atoms with van der Waals surface area (Å²) in [5.41, 5.74) is 1.80. The van der Waals surface area contributed by atoms with Crippen molar-refractivity contribution in [3.8, 4) is 5.75 Å². The van der Waals surface area contributed by atoms with E-state index in [1.807, 2.05) is 30.3 Å². The van der Waals surface area contributed by atoms with Crippen LogP contribution in [0, 0.1) is 6.92 Å². The second-order valence-electron chi connectivity index (χ2n) is 7.55. The third kappa shape index (κ3) is 5.04. The van der Waals surface area contributed by atoms with Gasteiger partial charge in [-0.3, -0.25) is 9.69 Å². The van der Waals surface area contributed by atoms with Gasteiger partial charge in [-0.05, 0) is 31.2 Å². The Morgan fingerprint density at radius 2 is 1.62 bits per heavy atom. The maximum absolute atomic E-state index is 13.1. The molecule has 1 saturated heterocycles. The summed E-state index contributed by atoms with van der Waals surface area (Å²) < 4.78 is 11.1. The molecule has 0 saturated carbocycles. The maximum Gasteiger partial charge on any atom is 0.276 e. The number of piperazine rings is 1. The Balaban J connectivity index is 1.39. The quantitative estimate of drug-likeness (QED) is 0.454. The highest BCUT2D eigenvalue weighted by molar-refractivity contribution is 6.36. The van der Waals surface area contributed by atoms with E-state index in [1.165, 1.54) is 0 Å². The molecule has 1 fully saturated rings. The first-order valence-corrected chi connectivity index (χ1v) is 11.3. The van der Waals surface area contributed by atoms with Crippen LogP contribution in [0.5, 0.6) is 5.75 Å². The van der Waals surface area contributed by atoms with Crippen LogP contribution < -0.4 is 4.74 Å². The number of para-hydroxylation sites is 1. The van der Waals surface area contributed by atoms with Crippen molar-refractivity contribution in [3.63, 3.8) is 0 Å². The molecule has 6 nitrogen and oxygen atoms in total. The maximum atomic E-state index is 13.1. The van der Waals surface area contributed by atoms with E-state index < -0.39 is 0 Å². The molecule has 168 valence electrons. The smallest absolute Gasteiger partial charge is 0.276 e. The van der Waals surface area contributed by atoms with Crippen molar-refractivity contribution in [2.75, 3.05) is 26.2 Å². The highest BCUT2D eigenvalue weighted by atomic mass is 35.5. The molecule has 1 amide bonds. The molecule has 9 heteroatoms. The zero-order chi connectivity index (χ0) is 22.7. The Labute approximate surface area is 201 Å². The van der Waals surface area contributed by atoms with Crippen LogP contribution in [0.25, 0.3) is 0 Å². The first kappa shape index (κ1) is 22.9. The van der Waals surface area contributed by atoms with Crippen molar-refractivity contribution in [1.29, 1.82) is 0 Å². The summed E-state index contributed by atoms with van der Waals surface area (Å²) >= 11 is 18.8. The predicted molar refractivity (Wildman–Crippen MR) is 125 cm³/mol. The molecule has 2 heterocycles. The third-order valence-corrected chi connectivity index (χ3v) is 6.52. The predicted octanol–water partition coefficient (Wildman–Crippen LogP) is 5.48. The van der Waals surface area contributed by atoms with Gasteiger partial charge in [-0.2, -0.15) is 0 Å². The highest BCUT2D eigenvalue weighted by Crippen LogP contribution is 2.27. The fourth-order valence-electron chi connectivity index (χ4n) is 3.61. The van der Waals surface area contributed by atoms with Crippen molar-refractivity contribution < 1.29 is 14.1 Å². The summed E-state index contributed by atoms with van der Waals surface area (Å²) in [6.07, 6.45) is 0. The van der Waals surface area contributed by atoms with E-state index in [9.17, 15) is 4.79 Å². The number of halogens is 3.